The number of ether oxygens (including phenoxy) is 1. The van der Waals surface area contributed by atoms with Crippen LogP contribution in [0.2, 0.25) is 0 Å². The van der Waals surface area contributed by atoms with Crippen LogP contribution in [0.15, 0.2) is 58.9 Å². The molecule has 0 saturated heterocycles. The van der Waals surface area contributed by atoms with E-state index in [9.17, 15) is 13.2 Å². The van der Waals surface area contributed by atoms with Crippen molar-refractivity contribution in [3.8, 4) is 5.75 Å². The Morgan fingerprint density at radius 2 is 2.04 bits per heavy atom. The number of para-hydroxylation sites is 1. The van der Waals surface area contributed by atoms with Crippen LogP contribution in [-0.2, 0) is 10.0 Å². The standard InChI is InChI=1S/C18H16N4O4S2/c19-17(23)13-3-1-2-4-14(13)22-8-9-26-16-11-12(5-6-15(16)22)28(24,25)21-18-20-7-10-27-18/h1-7,10-11H,8-9H2,(H2,19,23)(H,20,21). The van der Waals surface area contributed by atoms with Gasteiger partial charge in [0.2, 0.25) is 0 Å². The van der Waals surface area contributed by atoms with Crippen molar-refractivity contribution in [2.45, 2.75) is 4.90 Å². The van der Waals surface area contributed by atoms with Crippen LogP contribution in [0.4, 0.5) is 16.5 Å². The predicted octanol–water partition coefficient (Wildman–Crippen LogP) is 2.57. The summed E-state index contributed by atoms with van der Waals surface area (Å²) in [5.41, 5.74) is 7.19. The molecule has 4 rings (SSSR count). The van der Waals surface area contributed by atoms with E-state index in [4.69, 9.17) is 10.5 Å². The molecule has 1 aliphatic heterocycles. The van der Waals surface area contributed by atoms with Crippen molar-refractivity contribution >= 4 is 43.8 Å². The second kappa shape index (κ2) is 7.13. The van der Waals surface area contributed by atoms with Gasteiger partial charge in [0.1, 0.15) is 12.4 Å². The fourth-order valence-corrected chi connectivity index (χ4v) is 4.79. The lowest BCUT2D eigenvalue weighted by Gasteiger charge is -2.32. The van der Waals surface area contributed by atoms with Gasteiger partial charge in [0.25, 0.3) is 15.9 Å². The molecule has 1 amide bonds. The van der Waals surface area contributed by atoms with Gasteiger partial charge >= 0.3 is 0 Å². The number of amides is 1. The largest absolute Gasteiger partial charge is 0.489 e. The number of hydrogen-bond acceptors (Lipinski definition) is 7. The first-order chi connectivity index (χ1) is 13.5. The van der Waals surface area contributed by atoms with Crippen molar-refractivity contribution in [1.29, 1.82) is 0 Å². The summed E-state index contributed by atoms with van der Waals surface area (Å²) < 4.78 is 33.3. The summed E-state index contributed by atoms with van der Waals surface area (Å²) >= 11 is 1.19. The van der Waals surface area contributed by atoms with Crippen LogP contribution in [0.1, 0.15) is 10.4 Å². The number of sulfonamides is 1. The van der Waals surface area contributed by atoms with Crippen LogP contribution in [0.5, 0.6) is 5.75 Å². The van der Waals surface area contributed by atoms with Gasteiger partial charge in [-0.1, -0.05) is 12.1 Å². The topological polar surface area (TPSA) is 115 Å². The molecular formula is C18H16N4O4S2. The van der Waals surface area contributed by atoms with Gasteiger partial charge < -0.3 is 15.4 Å². The molecule has 2 aromatic carbocycles. The first kappa shape index (κ1) is 18.3. The Morgan fingerprint density at radius 1 is 1.21 bits per heavy atom. The molecule has 1 aromatic heterocycles. The summed E-state index contributed by atoms with van der Waals surface area (Å²) in [7, 11) is -3.80. The minimum Gasteiger partial charge on any atom is -0.489 e. The molecule has 0 saturated carbocycles. The van der Waals surface area contributed by atoms with Crippen molar-refractivity contribution in [2.75, 3.05) is 22.8 Å². The molecule has 0 unspecified atom stereocenters. The average Bonchev–Trinajstić information content (AvgIpc) is 3.19. The van der Waals surface area contributed by atoms with Gasteiger partial charge in [0, 0.05) is 17.6 Å². The second-order valence-electron chi connectivity index (χ2n) is 5.95. The Kier molecular flexibility index (Phi) is 4.65. The van der Waals surface area contributed by atoms with E-state index >= 15 is 0 Å². The number of anilines is 3. The predicted molar refractivity (Wildman–Crippen MR) is 107 cm³/mol. The highest BCUT2D eigenvalue weighted by molar-refractivity contribution is 7.93. The lowest BCUT2D eigenvalue weighted by atomic mass is 10.1. The van der Waals surface area contributed by atoms with Crippen molar-refractivity contribution in [3.05, 3.63) is 59.6 Å². The van der Waals surface area contributed by atoms with Gasteiger partial charge in [-0.2, -0.15) is 0 Å². The molecule has 28 heavy (non-hydrogen) atoms. The van der Waals surface area contributed by atoms with Crippen LogP contribution in [0.25, 0.3) is 0 Å². The van der Waals surface area contributed by atoms with Crippen LogP contribution in [0.3, 0.4) is 0 Å². The molecule has 0 fully saturated rings. The smallest absolute Gasteiger partial charge is 0.263 e. The van der Waals surface area contributed by atoms with Gasteiger partial charge in [-0.15, -0.1) is 11.3 Å². The van der Waals surface area contributed by atoms with Crippen LogP contribution >= 0.6 is 11.3 Å². The first-order valence-electron chi connectivity index (χ1n) is 8.31. The van der Waals surface area contributed by atoms with E-state index in [-0.39, 0.29) is 10.0 Å². The maximum Gasteiger partial charge on any atom is 0.263 e. The molecule has 10 heteroatoms. The zero-order chi connectivity index (χ0) is 19.7. The van der Waals surface area contributed by atoms with E-state index in [1.54, 1.807) is 29.6 Å². The minimum absolute atomic E-state index is 0.0616. The lowest BCUT2D eigenvalue weighted by Crippen LogP contribution is -2.30. The molecule has 1 aliphatic rings. The Balaban J connectivity index is 1.72. The van der Waals surface area contributed by atoms with Crippen molar-refractivity contribution in [1.82, 2.24) is 4.98 Å². The number of hydrogen-bond donors (Lipinski definition) is 2. The van der Waals surface area contributed by atoms with Gasteiger partial charge in [0.05, 0.1) is 28.4 Å². The zero-order valence-corrected chi connectivity index (χ0v) is 16.2. The van der Waals surface area contributed by atoms with Crippen LogP contribution in [0, 0.1) is 0 Å². The van der Waals surface area contributed by atoms with Crippen LogP contribution < -0.4 is 20.1 Å². The van der Waals surface area contributed by atoms with Gasteiger partial charge in [-0.25, -0.2) is 13.4 Å². The van der Waals surface area contributed by atoms with E-state index < -0.39 is 15.9 Å². The number of carbonyl (C=O) groups excluding carboxylic acids is 1. The Bertz CT molecular complexity index is 1130. The number of fused-ring (bicyclic) bond motifs is 1. The summed E-state index contributed by atoms with van der Waals surface area (Å²) in [5.74, 6) is -0.122. The molecular weight excluding hydrogens is 400 g/mol. The maximum atomic E-state index is 12.6. The summed E-state index contributed by atoms with van der Waals surface area (Å²) in [6.45, 7) is 0.838. The molecule has 0 bridgehead atoms. The Labute approximate surface area is 165 Å². The number of rotatable bonds is 5. The van der Waals surface area contributed by atoms with Gasteiger partial charge in [-0.05, 0) is 24.3 Å². The molecule has 3 aromatic rings. The van der Waals surface area contributed by atoms with E-state index in [0.717, 1.165) is 0 Å². The monoisotopic (exact) mass is 416 g/mol. The molecule has 0 radical (unpaired) electrons. The third-order valence-electron chi connectivity index (χ3n) is 4.22. The molecule has 3 N–H and O–H groups in total. The molecule has 0 atom stereocenters. The van der Waals surface area contributed by atoms with Crippen molar-refractivity contribution in [2.24, 2.45) is 5.73 Å². The Morgan fingerprint density at radius 3 is 2.79 bits per heavy atom. The van der Waals surface area contributed by atoms with E-state index in [0.29, 0.717) is 35.8 Å². The minimum atomic E-state index is -3.80. The van der Waals surface area contributed by atoms with E-state index in [1.165, 1.54) is 29.7 Å². The fourth-order valence-electron chi connectivity index (χ4n) is 2.98. The first-order valence-corrected chi connectivity index (χ1v) is 10.7. The number of thiazole rings is 1. The van der Waals surface area contributed by atoms with Crippen LogP contribution in [-0.4, -0.2) is 32.5 Å². The quantitative estimate of drug-likeness (QED) is 0.661. The highest BCUT2D eigenvalue weighted by Gasteiger charge is 2.25. The van der Waals surface area contributed by atoms with E-state index in [2.05, 4.69) is 9.71 Å². The zero-order valence-electron chi connectivity index (χ0n) is 14.5. The number of primary amides is 1. The highest BCUT2D eigenvalue weighted by Crippen LogP contribution is 2.39. The number of nitrogens with one attached hydrogen (secondary N) is 1. The number of nitrogens with two attached hydrogens (primary N) is 1. The summed E-state index contributed by atoms with van der Waals surface area (Å²) in [6.07, 6.45) is 1.52. The van der Waals surface area contributed by atoms with Gasteiger partial charge in [0.15, 0.2) is 5.13 Å². The third kappa shape index (κ3) is 3.39. The summed E-state index contributed by atoms with van der Waals surface area (Å²) in [5, 5.41) is 1.97. The highest BCUT2D eigenvalue weighted by atomic mass is 32.2. The molecule has 144 valence electrons. The van der Waals surface area contributed by atoms with Crippen molar-refractivity contribution in [3.63, 3.8) is 0 Å². The molecule has 8 nitrogen and oxygen atoms in total. The SMILES string of the molecule is NC(=O)c1ccccc1N1CCOc2cc(S(=O)(=O)Nc3nccs3)ccc21. The van der Waals surface area contributed by atoms with Crippen molar-refractivity contribution < 1.29 is 17.9 Å². The average molecular weight is 416 g/mol. The van der Waals surface area contributed by atoms with Gasteiger partial charge in [-0.3, -0.25) is 9.52 Å². The number of nitrogens with zero attached hydrogens (tertiary/aromatic N) is 2. The normalized spacial score (nSPS) is 13.5. The maximum absolute atomic E-state index is 12.6. The lowest BCUT2D eigenvalue weighted by molar-refractivity contribution is 0.100. The molecule has 2 heterocycles. The molecule has 0 aliphatic carbocycles. The number of benzene rings is 2. The molecule has 0 spiro atoms. The summed E-state index contributed by atoms with van der Waals surface area (Å²) in [6, 6.07) is 11.6. The summed E-state index contributed by atoms with van der Waals surface area (Å²) in [4.78, 5) is 17.7. The number of carbonyl (C=O) groups is 1. The third-order valence-corrected chi connectivity index (χ3v) is 6.37. The van der Waals surface area contributed by atoms with E-state index in [1.807, 2.05) is 11.0 Å². The second-order valence-corrected chi connectivity index (χ2v) is 8.53. The fraction of sp³-hybridized carbons (Fsp3) is 0.111. The Hall–Kier alpha value is -3.11. The number of aromatic nitrogens is 1.